The molecule has 11 unspecified atom stereocenters. The van der Waals surface area contributed by atoms with Crippen LogP contribution in [0.4, 0.5) is 0 Å². The van der Waals surface area contributed by atoms with E-state index >= 15 is 0 Å². The van der Waals surface area contributed by atoms with Gasteiger partial charge in [-0.25, -0.2) is 8.37 Å². The van der Waals surface area contributed by atoms with Gasteiger partial charge in [-0.05, 0) is 343 Å². The van der Waals surface area contributed by atoms with Crippen molar-refractivity contribution >= 4 is 20.8 Å². The number of hydrogen-bond donors (Lipinski definition) is 11. The molecule has 0 amide bonds. The summed E-state index contributed by atoms with van der Waals surface area (Å²) >= 11 is 0. The van der Waals surface area contributed by atoms with Crippen molar-refractivity contribution in [3.8, 4) is 0 Å². The molecule has 0 aromatic heterocycles. The summed E-state index contributed by atoms with van der Waals surface area (Å²) in [5, 5.41) is 42.2. The normalized spacial score (nSPS) is 38.6. The molecule has 8 aliphatic rings. The van der Waals surface area contributed by atoms with Gasteiger partial charge < -0.3 is 48.3 Å². The monoisotopic (exact) mass is 1330 g/mol. The summed E-state index contributed by atoms with van der Waals surface area (Å²) in [7, 11) is -8.92. The van der Waals surface area contributed by atoms with Crippen LogP contribution in [-0.4, -0.2) is 138 Å². The molecular formula is C72H139N7O10S2. The smallest absolute Gasteiger partial charge is 0.393 e. The minimum Gasteiger partial charge on any atom is -0.393 e. The first-order valence-corrected chi connectivity index (χ1v) is 40.3. The van der Waals surface area contributed by atoms with Gasteiger partial charge in [0.05, 0.1) is 24.4 Å². The number of fused-ring (bicyclic) bond motifs is 10. The van der Waals surface area contributed by atoms with Crippen molar-refractivity contribution in [1.29, 1.82) is 0 Å². The van der Waals surface area contributed by atoms with Crippen LogP contribution in [0.3, 0.4) is 0 Å². The number of rotatable bonds is 36. The van der Waals surface area contributed by atoms with Crippen LogP contribution < -0.4 is 38.1 Å². The Hall–Kier alpha value is -0.620. The molecule has 8 saturated carbocycles. The summed E-state index contributed by atoms with van der Waals surface area (Å²) in [6.07, 6.45) is 28.5. The number of aliphatic hydroxyl groups excluding tert-OH is 2. The standard InChI is InChI=1S/C37H72N4O5S.C35H67N3O5S/c1-26(2)34(46-47(43,44)45)13-10-27(3)30-11-12-31-35-32(15-17-37(30,31)5)36(4)16-14-29(24-28(36)25-33(35)42)41-23-9-22-40-20-7-6-19-39-21-8-18-38;1-24(2)31(43-44(40,41)42)13-10-25(3)27-11-12-28-32-29(15-16-34(27,28)5)35(6)17-14-26(22-33(35,4)23-30(32)39)38-21-9-20-37-19-8-7-18-36/h26-35,39-42H,6-25,38H2,1-5H3,(H,43,44,45);24-32,37-39H,7-23,36H2,1-6H3,(H,40,41,42)/t27-,28?,29+,30-,31?,32?,33-,34?,35?,36+,37-;25-,26?,27?,28?,29?,30+,31?,32?,33+,34+,35+/m10/s1. The van der Waals surface area contributed by atoms with E-state index in [1.165, 1.54) is 96.3 Å². The first-order valence-electron chi connectivity index (χ1n) is 37.6. The average Bonchev–Trinajstić information content (AvgIpc) is 1.70. The van der Waals surface area contributed by atoms with Crippen LogP contribution in [0.5, 0.6) is 0 Å². The van der Waals surface area contributed by atoms with Gasteiger partial charge in [-0.1, -0.05) is 76.2 Å². The fourth-order valence-electron chi connectivity index (χ4n) is 22.3. The summed E-state index contributed by atoms with van der Waals surface area (Å²) in [5.74, 6) is 5.72. The molecule has 0 aromatic rings. The first kappa shape index (κ1) is 77.7. The largest absolute Gasteiger partial charge is 0.397 e. The molecule has 534 valence electrons. The minimum absolute atomic E-state index is 0.0118. The van der Waals surface area contributed by atoms with Crippen LogP contribution >= 0.6 is 0 Å². The van der Waals surface area contributed by atoms with E-state index in [9.17, 15) is 36.2 Å². The Balaban J connectivity index is 0.000000259. The fourth-order valence-corrected chi connectivity index (χ4v) is 23.6. The number of unbranched alkanes of at least 4 members (excludes halogenated alkanes) is 2. The first-order chi connectivity index (χ1) is 42.9. The van der Waals surface area contributed by atoms with Crippen LogP contribution in [-0.2, 0) is 29.2 Å². The van der Waals surface area contributed by atoms with Gasteiger partial charge in [-0.3, -0.25) is 9.11 Å². The summed E-state index contributed by atoms with van der Waals surface area (Å²) < 4.78 is 74.4. The molecule has 8 fully saturated rings. The quantitative estimate of drug-likeness (QED) is 0.0205. The molecule has 0 saturated heterocycles. The van der Waals surface area contributed by atoms with Crippen LogP contribution in [0.15, 0.2) is 0 Å². The van der Waals surface area contributed by atoms with Gasteiger partial charge in [0, 0.05) is 12.1 Å². The molecule has 8 aliphatic carbocycles. The van der Waals surface area contributed by atoms with Crippen molar-refractivity contribution in [2.75, 3.05) is 65.4 Å². The maximum atomic E-state index is 11.9. The predicted octanol–water partition coefficient (Wildman–Crippen LogP) is 11.5. The number of nitrogens with two attached hydrogens (primary N) is 2. The molecular weight excluding hydrogens is 1190 g/mol. The predicted molar refractivity (Wildman–Crippen MR) is 370 cm³/mol. The maximum absolute atomic E-state index is 11.9. The molecule has 22 atom stereocenters. The van der Waals surface area contributed by atoms with Gasteiger partial charge in [0.2, 0.25) is 0 Å². The topological polar surface area (TPSA) is 280 Å². The Bertz CT molecular complexity index is 2400. The van der Waals surface area contributed by atoms with Crippen molar-refractivity contribution < 1.29 is 44.5 Å². The summed E-state index contributed by atoms with van der Waals surface area (Å²) in [6.45, 7) is 35.2. The van der Waals surface area contributed by atoms with E-state index in [2.05, 4.69) is 75.1 Å². The third-order valence-electron chi connectivity index (χ3n) is 27.6. The van der Waals surface area contributed by atoms with Crippen LogP contribution in [0, 0.1) is 104 Å². The number of nitrogens with one attached hydrogen (secondary N) is 5. The van der Waals surface area contributed by atoms with Gasteiger partial charge in [-0.15, -0.1) is 0 Å². The molecule has 0 bridgehead atoms. The van der Waals surface area contributed by atoms with Gasteiger partial charge in [0.25, 0.3) is 0 Å². The van der Waals surface area contributed by atoms with E-state index < -0.39 is 33.0 Å². The van der Waals surface area contributed by atoms with Crippen molar-refractivity contribution in [1.82, 2.24) is 26.6 Å². The van der Waals surface area contributed by atoms with Crippen molar-refractivity contribution in [3.63, 3.8) is 0 Å². The van der Waals surface area contributed by atoms with Gasteiger partial charge in [0.1, 0.15) is 0 Å². The van der Waals surface area contributed by atoms with Crippen molar-refractivity contribution in [2.24, 2.45) is 115 Å². The second-order valence-corrected chi connectivity index (χ2v) is 35.7. The van der Waals surface area contributed by atoms with Gasteiger partial charge >= 0.3 is 20.8 Å². The second-order valence-electron chi connectivity index (χ2n) is 33.6. The van der Waals surface area contributed by atoms with Crippen molar-refractivity contribution in [2.45, 2.75) is 286 Å². The molecule has 0 heterocycles. The molecule has 0 spiro atoms. The fraction of sp³-hybridized carbons (Fsp3) is 1.00. The van der Waals surface area contributed by atoms with Gasteiger partial charge in [-0.2, -0.15) is 16.8 Å². The zero-order valence-electron chi connectivity index (χ0n) is 59.3. The Morgan fingerprint density at radius 2 is 0.890 bits per heavy atom. The van der Waals surface area contributed by atoms with Gasteiger partial charge in [0.15, 0.2) is 0 Å². The zero-order valence-corrected chi connectivity index (χ0v) is 61.0. The van der Waals surface area contributed by atoms with Crippen molar-refractivity contribution in [3.05, 3.63) is 0 Å². The lowest BCUT2D eigenvalue weighted by atomic mass is 9.39. The molecule has 0 aromatic carbocycles. The second kappa shape index (κ2) is 34.4. The van der Waals surface area contributed by atoms with Crippen LogP contribution in [0.1, 0.15) is 250 Å². The van der Waals surface area contributed by atoms with E-state index in [0.29, 0.717) is 95.4 Å². The lowest BCUT2D eigenvalue weighted by Crippen LogP contribution is -2.63. The summed E-state index contributed by atoms with van der Waals surface area (Å²) in [5.41, 5.74) is 12.3. The van der Waals surface area contributed by atoms with E-state index in [0.717, 1.165) is 130 Å². The number of aliphatic hydroxyl groups is 2. The van der Waals surface area contributed by atoms with E-state index in [4.69, 9.17) is 19.8 Å². The van der Waals surface area contributed by atoms with Crippen LogP contribution in [0.2, 0.25) is 0 Å². The summed E-state index contributed by atoms with van der Waals surface area (Å²) in [6, 6.07) is 1.11. The van der Waals surface area contributed by atoms with Crippen LogP contribution in [0.25, 0.3) is 0 Å². The highest BCUT2D eigenvalue weighted by Crippen LogP contribution is 2.72. The SMILES string of the molecule is CC(C)C(CC[C@@H](C)[C@H]1CCC2C3C(CC[C@@]21C)[C@@]1(C)CC[C@H](NCCCNCCCCNCCCN)CC1C[C@H]3O)OS(=O)(=O)O.CC(C)C(CC[C@H](C)C1CCC2C3C(CC[C@@]21C)[C@@]1(C)CCC(NCCCNCCCCN)C[C@]1(C)C[C@H]3O)OS(=O)(=O)O. The third-order valence-corrected chi connectivity index (χ3v) is 28.6. The lowest BCUT2D eigenvalue weighted by molar-refractivity contribution is -0.202. The maximum Gasteiger partial charge on any atom is 0.397 e. The molecule has 17 nitrogen and oxygen atoms in total. The highest BCUT2D eigenvalue weighted by molar-refractivity contribution is 7.81. The highest BCUT2D eigenvalue weighted by atomic mass is 32.3. The molecule has 13 N–H and O–H groups in total. The Morgan fingerprint density at radius 3 is 1.38 bits per heavy atom. The zero-order chi connectivity index (χ0) is 66.6. The lowest BCUT2D eigenvalue weighted by Gasteiger charge is -2.66. The highest BCUT2D eigenvalue weighted by Gasteiger charge is 2.67. The molecule has 91 heavy (non-hydrogen) atoms. The van der Waals surface area contributed by atoms with E-state index in [1.807, 2.05) is 27.7 Å². The third kappa shape index (κ3) is 19.6. The molecule has 0 radical (unpaired) electrons. The molecule has 8 rings (SSSR count). The number of hydrogen-bond acceptors (Lipinski definition) is 15. The minimum atomic E-state index is -4.46. The van der Waals surface area contributed by atoms with E-state index in [1.54, 1.807) is 0 Å². The summed E-state index contributed by atoms with van der Waals surface area (Å²) in [4.78, 5) is 0. The Kier molecular flexibility index (Phi) is 29.4. The average molecular weight is 1330 g/mol. The van der Waals surface area contributed by atoms with E-state index in [-0.39, 0.29) is 45.7 Å². The molecule has 0 aliphatic heterocycles. The molecule has 19 heteroatoms. The Morgan fingerprint density at radius 1 is 0.462 bits per heavy atom. The Labute approximate surface area is 556 Å².